The number of aliphatic hydroxyl groups is 1. The molecule has 0 radical (unpaired) electrons. The van der Waals surface area contributed by atoms with Gasteiger partial charge in [-0.1, -0.05) is 64.8 Å². The monoisotopic (exact) mass is 645 g/mol. The van der Waals surface area contributed by atoms with Gasteiger partial charge in [0.05, 0.1) is 48.7 Å². The summed E-state index contributed by atoms with van der Waals surface area (Å²) < 4.78 is 5.88. The molecule has 0 bridgehead atoms. The van der Waals surface area contributed by atoms with E-state index in [2.05, 4.69) is 36.3 Å². The fourth-order valence-electron chi connectivity index (χ4n) is 6.48. The summed E-state index contributed by atoms with van der Waals surface area (Å²) >= 11 is 1.50. The average molecular weight is 646 g/mol. The number of carbonyl (C=O) groups excluding carboxylic acids is 3. The smallest absolute Gasteiger partial charge is 0.239 e. The number of thiazole rings is 1. The standard InChI is InChI=1S/C34H55N5O5S/c1-8-22(4)30(38(6)34(43)29(35)21(2)3)27(44-7)20-28(40)39-17-12-15-26(39)31(41)23(5)32(42)37-25(33-36-16-18-45-33)19-24-13-10-9-11-14-24/h9-10,13,16,18,21-23,25-27,29-31,41H,8,11-12,14-15,17,19-20,35H2,1-7H3,(H,37,42)/t22-,23+,25-,26-,27+,29-,30-,31+/m0/s1. The molecule has 3 rings (SSSR count). The second-order valence-electron chi connectivity index (χ2n) is 13.1. The molecule has 252 valence electrons. The van der Waals surface area contributed by atoms with Gasteiger partial charge in [-0.05, 0) is 43.9 Å². The van der Waals surface area contributed by atoms with Gasteiger partial charge in [-0.25, -0.2) is 4.98 Å². The number of rotatable bonds is 16. The Labute approximate surface area is 273 Å². The Morgan fingerprint density at radius 2 is 2.00 bits per heavy atom. The van der Waals surface area contributed by atoms with E-state index in [0.717, 1.165) is 30.7 Å². The highest BCUT2D eigenvalue weighted by molar-refractivity contribution is 7.09. The third kappa shape index (κ3) is 9.47. The molecule has 0 unspecified atom stereocenters. The molecule has 2 aliphatic rings. The van der Waals surface area contributed by atoms with Crippen molar-refractivity contribution >= 4 is 29.1 Å². The first-order valence-electron chi connectivity index (χ1n) is 16.5. The molecule has 1 aliphatic carbocycles. The molecular weight excluding hydrogens is 590 g/mol. The largest absolute Gasteiger partial charge is 0.390 e. The average Bonchev–Trinajstić information content (AvgIpc) is 3.76. The molecule has 1 saturated heterocycles. The van der Waals surface area contributed by atoms with E-state index in [4.69, 9.17) is 10.5 Å². The van der Waals surface area contributed by atoms with Crippen LogP contribution in [0.4, 0.5) is 0 Å². The number of allylic oxidation sites excluding steroid dienone is 3. The zero-order valence-electron chi connectivity index (χ0n) is 28.1. The van der Waals surface area contributed by atoms with E-state index in [1.165, 1.54) is 16.9 Å². The van der Waals surface area contributed by atoms with Crippen molar-refractivity contribution in [1.82, 2.24) is 20.1 Å². The highest BCUT2D eigenvalue weighted by atomic mass is 32.1. The zero-order chi connectivity index (χ0) is 33.3. The second-order valence-corrected chi connectivity index (χ2v) is 14.0. The van der Waals surface area contributed by atoms with Crippen LogP contribution in [0, 0.1) is 17.8 Å². The van der Waals surface area contributed by atoms with Crippen LogP contribution in [0.25, 0.3) is 0 Å². The minimum atomic E-state index is -1.04. The molecule has 1 aromatic rings. The molecule has 10 nitrogen and oxygen atoms in total. The number of aliphatic hydroxyl groups excluding tert-OH is 1. The Morgan fingerprint density at radius 3 is 2.58 bits per heavy atom. The molecule has 4 N–H and O–H groups in total. The summed E-state index contributed by atoms with van der Waals surface area (Å²) in [4.78, 5) is 48.4. The van der Waals surface area contributed by atoms with Crippen LogP contribution in [0.15, 0.2) is 35.4 Å². The lowest BCUT2D eigenvalue weighted by Crippen LogP contribution is -2.56. The van der Waals surface area contributed by atoms with E-state index in [0.29, 0.717) is 19.4 Å². The third-order valence-corrected chi connectivity index (χ3v) is 10.5. The van der Waals surface area contributed by atoms with Crippen molar-refractivity contribution in [2.45, 2.75) is 116 Å². The van der Waals surface area contributed by atoms with Gasteiger partial charge in [0.25, 0.3) is 0 Å². The number of nitrogens with two attached hydrogens (primary N) is 1. The molecule has 11 heteroatoms. The van der Waals surface area contributed by atoms with Crippen molar-refractivity contribution in [3.8, 4) is 0 Å². The van der Waals surface area contributed by atoms with Crippen molar-refractivity contribution in [3.63, 3.8) is 0 Å². The molecular formula is C34H55N5O5S. The van der Waals surface area contributed by atoms with Crippen LogP contribution < -0.4 is 11.1 Å². The summed E-state index contributed by atoms with van der Waals surface area (Å²) in [6.07, 6.45) is 11.2. The number of aromatic nitrogens is 1. The molecule has 2 heterocycles. The number of likely N-dealkylation sites (tertiary alicyclic amines) is 1. The summed E-state index contributed by atoms with van der Waals surface area (Å²) in [5, 5.41) is 17.4. The minimum absolute atomic E-state index is 0.0236. The lowest BCUT2D eigenvalue weighted by atomic mass is 9.89. The first-order chi connectivity index (χ1) is 21.4. The van der Waals surface area contributed by atoms with Gasteiger partial charge >= 0.3 is 0 Å². The predicted molar refractivity (Wildman–Crippen MR) is 178 cm³/mol. The number of methoxy groups -OCH3 is 1. The highest BCUT2D eigenvalue weighted by Gasteiger charge is 2.42. The van der Waals surface area contributed by atoms with E-state index in [9.17, 15) is 19.5 Å². The zero-order valence-corrected chi connectivity index (χ0v) is 29.0. The molecule has 8 atom stereocenters. The summed E-state index contributed by atoms with van der Waals surface area (Å²) in [7, 11) is 3.30. The maximum Gasteiger partial charge on any atom is 0.239 e. The van der Waals surface area contributed by atoms with Gasteiger partial charge in [0, 0.05) is 32.3 Å². The van der Waals surface area contributed by atoms with Gasteiger partial charge in [0.15, 0.2) is 0 Å². The van der Waals surface area contributed by atoms with Crippen molar-refractivity contribution in [2.75, 3.05) is 20.7 Å². The normalized spacial score (nSPS) is 21.4. The lowest BCUT2D eigenvalue weighted by Gasteiger charge is -2.40. The Balaban J connectivity index is 1.71. The number of hydrogen-bond acceptors (Lipinski definition) is 8. The number of nitrogens with zero attached hydrogens (tertiary/aromatic N) is 3. The molecule has 1 fully saturated rings. The Bertz CT molecular complexity index is 1170. The predicted octanol–water partition coefficient (Wildman–Crippen LogP) is 4.22. The number of likely N-dealkylation sites (N-methyl/N-ethyl adjacent to an activating group) is 1. The molecule has 3 amide bonds. The quantitative estimate of drug-likeness (QED) is 0.245. The van der Waals surface area contributed by atoms with Gasteiger partial charge in [-0.2, -0.15) is 0 Å². The maximum atomic E-state index is 13.8. The summed E-state index contributed by atoms with van der Waals surface area (Å²) in [5.74, 6) is -1.29. The van der Waals surface area contributed by atoms with Crippen LogP contribution >= 0.6 is 11.3 Å². The van der Waals surface area contributed by atoms with Gasteiger partial charge in [0.1, 0.15) is 5.01 Å². The van der Waals surface area contributed by atoms with E-state index >= 15 is 0 Å². The van der Waals surface area contributed by atoms with Crippen LogP contribution in [0.1, 0.15) is 90.6 Å². The van der Waals surface area contributed by atoms with Crippen molar-refractivity contribution < 1.29 is 24.2 Å². The minimum Gasteiger partial charge on any atom is -0.390 e. The number of ether oxygens (including phenoxy) is 1. The molecule has 45 heavy (non-hydrogen) atoms. The Morgan fingerprint density at radius 1 is 1.27 bits per heavy atom. The SMILES string of the molecule is CC[C@H](C)[C@@H]([C@@H](CC(=O)N1CCC[C@H]1[C@H](O)[C@@H](C)C(=O)N[C@@H](CC1=CC=CCC1)c1nccs1)OC)N(C)C(=O)[C@@H](N)C(C)C. The number of carbonyl (C=O) groups is 3. The van der Waals surface area contributed by atoms with Gasteiger partial charge in [-0.3, -0.25) is 14.4 Å². The van der Waals surface area contributed by atoms with Gasteiger partial charge in [0.2, 0.25) is 17.7 Å². The van der Waals surface area contributed by atoms with E-state index in [-0.39, 0.29) is 48.1 Å². The van der Waals surface area contributed by atoms with Crippen LogP contribution in [-0.4, -0.2) is 88.6 Å². The molecule has 0 aromatic carbocycles. The van der Waals surface area contributed by atoms with E-state index in [1.54, 1.807) is 37.1 Å². The number of nitrogens with one attached hydrogen (secondary N) is 1. The first kappa shape index (κ1) is 36.9. The fourth-order valence-corrected chi connectivity index (χ4v) is 7.17. The molecule has 0 spiro atoms. The maximum absolute atomic E-state index is 13.8. The molecule has 0 saturated carbocycles. The lowest BCUT2D eigenvalue weighted by molar-refractivity contribution is -0.146. The van der Waals surface area contributed by atoms with Gasteiger partial charge in [-0.15, -0.1) is 11.3 Å². The van der Waals surface area contributed by atoms with Crippen molar-refractivity contribution in [3.05, 3.63) is 40.4 Å². The van der Waals surface area contributed by atoms with E-state index < -0.39 is 30.2 Å². The summed E-state index contributed by atoms with van der Waals surface area (Å²) in [6.45, 7) is 10.1. The van der Waals surface area contributed by atoms with Crippen LogP contribution in [0.3, 0.4) is 0 Å². The van der Waals surface area contributed by atoms with Crippen molar-refractivity contribution in [1.29, 1.82) is 0 Å². The second kappa shape index (κ2) is 17.4. The summed E-state index contributed by atoms with van der Waals surface area (Å²) in [5.41, 5.74) is 7.47. The van der Waals surface area contributed by atoms with Crippen LogP contribution in [-0.2, 0) is 19.1 Å². The molecule has 1 aromatic heterocycles. The Hall–Kier alpha value is -2.60. The fraction of sp³-hybridized carbons (Fsp3) is 0.706. The number of hydrogen-bond donors (Lipinski definition) is 3. The molecule has 1 aliphatic heterocycles. The Kier molecular flexibility index (Phi) is 14.2. The van der Waals surface area contributed by atoms with Crippen LogP contribution in [0.5, 0.6) is 0 Å². The number of amides is 3. The van der Waals surface area contributed by atoms with E-state index in [1.807, 2.05) is 25.3 Å². The van der Waals surface area contributed by atoms with Crippen LogP contribution in [0.2, 0.25) is 0 Å². The van der Waals surface area contributed by atoms with Crippen molar-refractivity contribution in [2.24, 2.45) is 23.5 Å². The van der Waals surface area contributed by atoms with Gasteiger partial charge < -0.3 is 30.7 Å². The first-order valence-corrected chi connectivity index (χ1v) is 17.4. The topological polar surface area (TPSA) is 138 Å². The summed E-state index contributed by atoms with van der Waals surface area (Å²) in [6, 6.07) is -1.77. The third-order valence-electron chi connectivity index (χ3n) is 9.66. The highest BCUT2D eigenvalue weighted by Crippen LogP contribution is 2.30.